The molecule has 1 N–H and O–H groups in total. The Morgan fingerprint density at radius 3 is 1.66 bits per heavy atom. The van der Waals surface area contributed by atoms with Gasteiger partial charge < -0.3 is 19.5 Å². The van der Waals surface area contributed by atoms with Gasteiger partial charge in [0.2, 0.25) is 0 Å². The molecule has 1 saturated heterocycles. The molecule has 0 unspecified atom stereocenters. The number of carbonyl (C=O) groups excluding carboxylic acids is 3. The summed E-state index contributed by atoms with van der Waals surface area (Å²) in [7, 11) is 1.38. The first kappa shape index (κ1) is 28.3. The Morgan fingerprint density at radius 1 is 0.781 bits per heavy atom. The number of hydrogen-bond acceptors (Lipinski definition) is 10. The number of rotatable bonds is 7. The Morgan fingerprint density at radius 2 is 1.22 bits per heavy atom. The summed E-state index contributed by atoms with van der Waals surface area (Å²) in [6, 6.07) is 0. The molecule has 10 heteroatoms. The van der Waals surface area contributed by atoms with Gasteiger partial charge in [-0.3, -0.25) is 29.1 Å². The molecule has 1 aliphatic rings. The van der Waals surface area contributed by atoms with E-state index in [2.05, 4.69) is 5.32 Å². The van der Waals surface area contributed by atoms with Crippen LogP contribution in [0.5, 0.6) is 0 Å². The standard InChI is InChI=1S/C22H42N4O6/c1-18(2)31-20(28)16-26-13-11-24(15-19(27)30-6)9-7-23-8-10-25(12-14-26)17-21(29)32-22(3,4)5/h18,23H,7-17H2,1-6H3. The summed E-state index contributed by atoms with van der Waals surface area (Å²) in [6.45, 7) is 14.9. The summed E-state index contributed by atoms with van der Waals surface area (Å²) in [6.07, 6.45) is -0.180. The lowest BCUT2D eigenvalue weighted by atomic mass is 10.2. The Bertz CT molecular complexity index is 593. The average Bonchev–Trinajstić information content (AvgIpc) is 2.65. The van der Waals surface area contributed by atoms with Gasteiger partial charge in [-0.25, -0.2) is 0 Å². The zero-order valence-electron chi connectivity index (χ0n) is 20.6. The van der Waals surface area contributed by atoms with Crippen LogP contribution in [0.25, 0.3) is 0 Å². The second kappa shape index (κ2) is 14.4. The van der Waals surface area contributed by atoms with Crippen LogP contribution in [0.2, 0.25) is 0 Å². The number of methoxy groups -OCH3 is 1. The van der Waals surface area contributed by atoms with Crippen LogP contribution in [0.3, 0.4) is 0 Å². The Hall–Kier alpha value is -1.75. The van der Waals surface area contributed by atoms with Crippen molar-refractivity contribution >= 4 is 17.9 Å². The minimum absolute atomic E-state index is 0.156. The van der Waals surface area contributed by atoms with E-state index in [1.54, 1.807) is 0 Å². The number of nitrogens with one attached hydrogen (secondary N) is 1. The van der Waals surface area contributed by atoms with E-state index >= 15 is 0 Å². The Balaban J connectivity index is 2.81. The SMILES string of the molecule is COC(=O)CN1CCNCCN(CC(=O)OC(C)(C)C)CCN(CC(=O)OC(C)C)CC1. The molecule has 0 aliphatic carbocycles. The lowest BCUT2D eigenvalue weighted by molar-refractivity contribution is -0.156. The summed E-state index contributed by atoms with van der Waals surface area (Å²) in [5.41, 5.74) is -0.530. The summed E-state index contributed by atoms with van der Waals surface area (Å²) >= 11 is 0. The van der Waals surface area contributed by atoms with E-state index in [1.165, 1.54) is 7.11 Å². The summed E-state index contributed by atoms with van der Waals surface area (Å²) in [5.74, 6) is -0.835. The number of esters is 3. The minimum atomic E-state index is -0.530. The molecule has 186 valence electrons. The fraction of sp³-hybridized carbons (Fsp3) is 0.864. The molecule has 0 spiro atoms. The fourth-order valence-corrected chi connectivity index (χ4v) is 3.26. The maximum Gasteiger partial charge on any atom is 0.320 e. The molecule has 1 fully saturated rings. The molecule has 0 aromatic carbocycles. The Kier molecular flexibility index (Phi) is 12.7. The maximum absolute atomic E-state index is 12.3. The topological polar surface area (TPSA) is 101 Å². The van der Waals surface area contributed by atoms with Crippen molar-refractivity contribution < 1.29 is 28.6 Å². The highest BCUT2D eigenvalue weighted by molar-refractivity contribution is 5.72. The highest BCUT2D eigenvalue weighted by Crippen LogP contribution is 2.08. The van der Waals surface area contributed by atoms with Gasteiger partial charge in [0.05, 0.1) is 32.8 Å². The molecule has 0 radical (unpaired) electrons. The van der Waals surface area contributed by atoms with Crippen LogP contribution in [0.1, 0.15) is 34.6 Å². The van der Waals surface area contributed by atoms with E-state index in [-0.39, 0.29) is 43.6 Å². The highest BCUT2D eigenvalue weighted by atomic mass is 16.6. The van der Waals surface area contributed by atoms with Crippen molar-refractivity contribution in [1.29, 1.82) is 0 Å². The fourth-order valence-electron chi connectivity index (χ4n) is 3.26. The third kappa shape index (κ3) is 13.6. The van der Waals surface area contributed by atoms with Crippen LogP contribution in [-0.4, -0.2) is 123 Å². The number of hydrogen-bond donors (Lipinski definition) is 1. The molecule has 0 aromatic rings. The van der Waals surface area contributed by atoms with Gasteiger partial charge in [0.25, 0.3) is 0 Å². The lowest BCUT2D eigenvalue weighted by Crippen LogP contribution is -2.48. The van der Waals surface area contributed by atoms with Gasteiger partial charge in [0.1, 0.15) is 5.60 Å². The van der Waals surface area contributed by atoms with E-state index < -0.39 is 5.60 Å². The van der Waals surface area contributed by atoms with Crippen molar-refractivity contribution in [3.05, 3.63) is 0 Å². The van der Waals surface area contributed by atoms with Crippen molar-refractivity contribution in [3.8, 4) is 0 Å². The van der Waals surface area contributed by atoms with Gasteiger partial charge in [0, 0.05) is 52.4 Å². The van der Waals surface area contributed by atoms with Gasteiger partial charge >= 0.3 is 17.9 Å². The van der Waals surface area contributed by atoms with E-state index in [9.17, 15) is 14.4 Å². The lowest BCUT2D eigenvalue weighted by Gasteiger charge is -2.31. The van der Waals surface area contributed by atoms with Crippen molar-refractivity contribution in [1.82, 2.24) is 20.0 Å². The summed E-state index contributed by atoms with van der Waals surface area (Å²) < 4.78 is 15.6. The molecular formula is C22H42N4O6. The largest absolute Gasteiger partial charge is 0.468 e. The second-order valence-corrected chi connectivity index (χ2v) is 9.28. The third-order valence-electron chi connectivity index (χ3n) is 4.75. The second-order valence-electron chi connectivity index (χ2n) is 9.28. The van der Waals surface area contributed by atoms with Gasteiger partial charge in [-0.15, -0.1) is 0 Å². The first-order valence-electron chi connectivity index (χ1n) is 11.3. The van der Waals surface area contributed by atoms with Crippen molar-refractivity contribution in [2.24, 2.45) is 0 Å². The van der Waals surface area contributed by atoms with Crippen LogP contribution in [-0.2, 0) is 28.6 Å². The quantitative estimate of drug-likeness (QED) is 0.413. The number of ether oxygens (including phenoxy) is 3. The zero-order valence-corrected chi connectivity index (χ0v) is 20.6. The predicted molar refractivity (Wildman–Crippen MR) is 121 cm³/mol. The highest BCUT2D eigenvalue weighted by Gasteiger charge is 2.22. The Labute approximate surface area is 192 Å². The zero-order chi connectivity index (χ0) is 24.1. The number of nitrogens with zero attached hydrogens (tertiary/aromatic N) is 3. The third-order valence-corrected chi connectivity index (χ3v) is 4.75. The van der Waals surface area contributed by atoms with Crippen molar-refractivity contribution in [2.45, 2.75) is 46.3 Å². The van der Waals surface area contributed by atoms with E-state index in [4.69, 9.17) is 14.2 Å². The van der Waals surface area contributed by atoms with Gasteiger partial charge in [-0.2, -0.15) is 0 Å². The van der Waals surface area contributed by atoms with Gasteiger partial charge in [0.15, 0.2) is 0 Å². The smallest absolute Gasteiger partial charge is 0.320 e. The van der Waals surface area contributed by atoms with Crippen molar-refractivity contribution in [2.75, 3.05) is 79.1 Å². The molecule has 0 bridgehead atoms. The van der Waals surface area contributed by atoms with Crippen molar-refractivity contribution in [3.63, 3.8) is 0 Å². The average molecular weight is 459 g/mol. The molecule has 0 atom stereocenters. The van der Waals surface area contributed by atoms with Crippen LogP contribution in [0.4, 0.5) is 0 Å². The van der Waals surface area contributed by atoms with E-state index in [1.807, 2.05) is 49.3 Å². The van der Waals surface area contributed by atoms with Crippen LogP contribution in [0.15, 0.2) is 0 Å². The molecule has 10 nitrogen and oxygen atoms in total. The summed E-state index contributed by atoms with van der Waals surface area (Å²) in [4.78, 5) is 42.4. The molecule has 1 heterocycles. The maximum atomic E-state index is 12.3. The molecule has 0 amide bonds. The summed E-state index contributed by atoms with van der Waals surface area (Å²) in [5, 5.41) is 3.37. The minimum Gasteiger partial charge on any atom is -0.468 e. The number of carbonyl (C=O) groups is 3. The van der Waals surface area contributed by atoms with Gasteiger partial charge in [-0.1, -0.05) is 0 Å². The normalized spacial score (nSPS) is 18.5. The molecule has 0 saturated carbocycles. The monoisotopic (exact) mass is 458 g/mol. The van der Waals surface area contributed by atoms with E-state index in [0.29, 0.717) is 52.4 Å². The van der Waals surface area contributed by atoms with Gasteiger partial charge in [-0.05, 0) is 34.6 Å². The van der Waals surface area contributed by atoms with Crippen LogP contribution < -0.4 is 5.32 Å². The van der Waals surface area contributed by atoms with E-state index in [0.717, 1.165) is 0 Å². The predicted octanol–water partition coefficient (Wildman–Crippen LogP) is -0.0381. The molecule has 0 aromatic heterocycles. The molecule has 1 rings (SSSR count). The molecular weight excluding hydrogens is 416 g/mol. The first-order valence-corrected chi connectivity index (χ1v) is 11.3. The molecule has 32 heavy (non-hydrogen) atoms. The van der Waals surface area contributed by atoms with Crippen LogP contribution in [0, 0.1) is 0 Å². The molecule has 1 aliphatic heterocycles. The van der Waals surface area contributed by atoms with Crippen LogP contribution >= 0.6 is 0 Å². The first-order chi connectivity index (χ1) is 15.0.